The van der Waals surface area contributed by atoms with Gasteiger partial charge in [0.05, 0.1) is 18.8 Å². The fourth-order valence-corrected chi connectivity index (χ4v) is 1.56. The number of carbonyl (C=O) groups excluding carboxylic acids is 1. The first-order valence-electron chi connectivity index (χ1n) is 5.03. The molecular formula is C8H19BNO5P. The highest BCUT2D eigenvalue weighted by molar-refractivity contribution is 7.40. The molecule has 0 aromatic heterocycles. The molecule has 2 N–H and O–H groups in total. The Morgan fingerprint density at radius 2 is 2.19 bits per heavy atom. The number of amides is 1. The molecule has 0 spiro atoms. The lowest BCUT2D eigenvalue weighted by atomic mass is 10.0. The highest BCUT2D eigenvalue weighted by Gasteiger charge is 2.22. The smallest absolute Gasteiger partial charge is 0.329 e. The maximum atomic E-state index is 11.2. The first-order valence-corrected chi connectivity index (χ1v) is 6.16. The summed E-state index contributed by atoms with van der Waals surface area (Å²) in [5, 5.41) is 2.75. The lowest BCUT2D eigenvalue weighted by Crippen LogP contribution is -2.45. The molecule has 0 saturated heterocycles. The van der Waals surface area contributed by atoms with Gasteiger partial charge in [0.15, 0.2) is 0 Å². The van der Waals surface area contributed by atoms with Crippen LogP contribution in [0.2, 0.25) is 6.32 Å². The molecule has 0 saturated carbocycles. The van der Waals surface area contributed by atoms with Crippen molar-refractivity contribution in [3.05, 3.63) is 0 Å². The van der Waals surface area contributed by atoms with Crippen molar-refractivity contribution in [2.24, 2.45) is 0 Å². The Hall–Kier alpha value is -0.195. The second-order valence-electron chi connectivity index (χ2n) is 3.21. The van der Waals surface area contributed by atoms with Crippen LogP contribution >= 0.6 is 8.60 Å². The molecule has 0 aromatic carbocycles. The number of methoxy groups -OCH3 is 1. The fraction of sp³-hybridized carbons (Fsp3) is 0.875. The molecule has 3 atom stereocenters. The van der Waals surface area contributed by atoms with Crippen molar-refractivity contribution in [2.75, 3.05) is 20.8 Å². The summed E-state index contributed by atoms with van der Waals surface area (Å²) in [7, 11) is 2.76. The highest BCUT2D eigenvalue weighted by Crippen LogP contribution is 2.33. The van der Waals surface area contributed by atoms with E-state index in [0.29, 0.717) is 12.9 Å². The van der Waals surface area contributed by atoms with Gasteiger partial charge in [-0.05, 0) is 13.2 Å². The Labute approximate surface area is 98.1 Å². The zero-order valence-corrected chi connectivity index (χ0v) is 11.0. The van der Waals surface area contributed by atoms with E-state index in [2.05, 4.69) is 9.84 Å². The van der Waals surface area contributed by atoms with E-state index in [1.165, 1.54) is 14.2 Å². The van der Waals surface area contributed by atoms with Gasteiger partial charge in [-0.3, -0.25) is 4.79 Å². The Morgan fingerprint density at radius 3 is 2.62 bits per heavy atom. The van der Waals surface area contributed by atoms with E-state index in [1.807, 2.05) is 0 Å². The summed E-state index contributed by atoms with van der Waals surface area (Å²) in [6, 6.07) is -0.301. The third kappa shape index (κ3) is 6.40. The average molecular weight is 251 g/mol. The topological polar surface area (TPSA) is 77.0 Å². The number of rotatable bonds is 8. The summed E-state index contributed by atoms with van der Waals surface area (Å²) in [5.74, 6) is -0.0859. The molecule has 0 aliphatic heterocycles. The zero-order chi connectivity index (χ0) is 12.6. The molecular weight excluding hydrogens is 232 g/mol. The SMILES string of the molecule is BCC(=O)NC(COC)C(C)OP(O)OC. The molecule has 16 heavy (non-hydrogen) atoms. The van der Waals surface area contributed by atoms with Gasteiger partial charge in [-0.1, -0.05) is 0 Å². The second kappa shape index (κ2) is 8.90. The van der Waals surface area contributed by atoms with Crippen LogP contribution in [0.5, 0.6) is 0 Å². The van der Waals surface area contributed by atoms with Gasteiger partial charge in [-0.25, -0.2) is 0 Å². The number of carbonyl (C=O) groups is 1. The van der Waals surface area contributed by atoms with Gasteiger partial charge in [0.25, 0.3) is 0 Å². The van der Waals surface area contributed by atoms with Gasteiger partial charge in [-0.2, -0.15) is 0 Å². The van der Waals surface area contributed by atoms with Crippen molar-refractivity contribution in [2.45, 2.75) is 25.4 Å². The van der Waals surface area contributed by atoms with Crippen molar-refractivity contribution in [3.8, 4) is 0 Å². The number of hydrogen-bond donors (Lipinski definition) is 2. The lowest BCUT2D eigenvalue weighted by molar-refractivity contribution is -0.120. The molecule has 0 bridgehead atoms. The van der Waals surface area contributed by atoms with E-state index in [9.17, 15) is 9.69 Å². The summed E-state index contributed by atoms with van der Waals surface area (Å²) < 4.78 is 14.8. The molecule has 0 radical (unpaired) electrons. The van der Waals surface area contributed by atoms with Crippen molar-refractivity contribution in [1.29, 1.82) is 0 Å². The minimum atomic E-state index is -1.90. The molecule has 3 unspecified atom stereocenters. The molecule has 0 heterocycles. The van der Waals surface area contributed by atoms with Crippen LogP contribution in [0, 0.1) is 0 Å². The van der Waals surface area contributed by atoms with Crippen LogP contribution in [-0.4, -0.2) is 51.6 Å². The molecule has 8 heteroatoms. The van der Waals surface area contributed by atoms with E-state index in [0.717, 1.165) is 0 Å². The molecule has 6 nitrogen and oxygen atoms in total. The molecule has 0 rings (SSSR count). The van der Waals surface area contributed by atoms with Crippen LogP contribution < -0.4 is 5.32 Å². The van der Waals surface area contributed by atoms with Crippen molar-refractivity contribution in [1.82, 2.24) is 5.32 Å². The Bertz CT molecular complexity index is 209. The van der Waals surface area contributed by atoms with Crippen LogP contribution in [0.25, 0.3) is 0 Å². The number of nitrogens with one attached hydrogen (secondary N) is 1. The van der Waals surface area contributed by atoms with Gasteiger partial charge in [-0.15, -0.1) is 0 Å². The third-order valence-corrected chi connectivity index (χ3v) is 2.82. The van der Waals surface area contributed by atoms with Gasteiger partial charge in [0.2, 0.25) is 5.91 Å². The molecule has 0 aromatic rings. The van der Waals surface area contributed by atoms with Crippen molar-refractivity contribution >= 4 is 22.4 Å². The summed E-state index contributed by atoms with van der Waals surface area (Å²) >= 11 is 0. The summed E-state index contributed by atoms with van der Waals surface area (Å²) in [6.07, 6.45) is 0.0111. The normalized spacial score (nSPS) is 16.5. The zero-order valence-electron chi connectivity index (χ0n) is 10.1. The van der Waals surface area contributed by atoms with Gasteiger partial charge < -0.3 is 24.0 Å². The number of ether oxygens (including phenoxy) is 1. The largest absolute Gasteiger partial charge is 0.382 e. The maximum absolute atomic E-state index is 11.2. The summed E-state index contributed by atoms with van der Waals surface area (Å²) in [5.41, 5.74) is 0. The Kier molecular flexibility index (Phi) is 8.79. The summed E-state index contributed by atoms with van der Waals surface area (Å²) in [4.78, 5) is 20.4. The van der Waals surface area contributed by atoms with Crippen molar-refractivity contribution < 1.29 is 23.5 Å². The fourth-order valence-electron chi connectivity index (χ4n) is 1.04. The predicted molar refractivity (Wildman–Crippen MR) is 63.9 cm³/mol. The monoisotopic (exact) mass is 251 g/mol. The van der Waals surface area contributed by atoms with Crippen LogP contribution in [0.4, 0.5) is 0 Å². The maximum Gasteiger partial charge on any atom is 0.329 e. The lowest BCUT2D eigenvalue weighted by Gasteiger charge is -2.25. The highest BCUT2D eigenvalue weighted by atomic mass is 31.2. The third-order valence-electron chi connectivity index (χ3n) is 1.99. The van der Waals surface area contributed by atoms with Gasteiger partial charge in [0.1, 0.15) is 7.85 Å². The van der Waals surface area contributed by atoms with Crippen LogP contribution in [0.3, 0.4) is 0 Å². The van der Waals surface area contributed by atoms with Crippen LogP contribution in [-0.2, 0) is 18.6 Å². The molecule has 0 aliphatic carbocycles. The first-order chi connectivity index (χ1) is 7.54. The van der Waals surface area contributed by atoms with Gasteiger partial charge in [0, 0.05) is 14.2 Å². The Morgan fingerprint density at radius 1 is 1.56 bits per heavy atom. The quantitative estimate of drug-likeness (QED) is 0.446. The van der Waals surface area contributed by atoms with Crippen LogP contribution in [0.1, 0.15) is 6.92 Å². The van der Waals surface area contributed by atoms with E-state index in [-0.39, 0.29) is 18.1 Å². The van der Waals surface area contributed by atoms with E-state index in [4.69, 9.17) is 9.26 Å². The molecule has 0 aliphatic rings. The van der Waals surface area contributed by atoms with Gasteiger partial charge >= 0.3 is 8.60 Å². The minimum Gasteiger partial charge on any atom is -0.382 e. The molecule has 0 fully saturated rings. The second-order valence-corrected chi connectivity index (χ2v) is 4.27. The predicted octanol–water partition coefficient (Wildman–Crippen LogP) is -0.560. The average Bonchev–Trinajstić information content (AvgIpc) is 2.27. The van der Waals surface area contributed by atoms with E-state index < -0.39 is 8.60 Å². The van der Waals surface area contributed by atoms with E-state index in [1.54, 1.807) is 14.8 Å². The number of hydrogen-bond acceptors (Lipinski definition) is 5. The van der Waals surface area contributed by atoms with Crippen LogP contribution in [0.15, 0.2) is 0 Å². The molecule has 94 valence electrons. The van der Waals surface area contributed by atoms with E-state index >= 15 is 0 Å². The first kappa shape index (κ1) is 15.8. The molecule has 1 amide bonds. The Balaban J connectivity index is 4.22. The minimum absolute atomic E-state index is 0.0859. The standard InChI is InChI=1S/C8H19BNO5P/c1-6(15-16(12)14-3)7(5-13-2)10-8(11)4-9/h6-7,12H,4-5,9H2,1-3H3,(H,10,11). The van der Waals surface area contributed by atoms with Crippen molar-refractivity contribution in [3.63, 3.8) is 0 Å². The summed E-state index contributed by atoms with van der Waals surface area (Å²) in [6.45, 7) is 2.06.